The molecule has 20 heavy (non-hydrogen) atoms. The number of anilines is 1. The molecule has 2 aromatic carbocycles. The molecule has 1 nitrogen and oxygen atoms in total. The van der Waals surface area contributed by atoms with Gasteiger partial charge in [-0.2, -0.15) is 0 Å². The van der Waals surface area contributed by atoms with E-state index in [-0.39, 0.29) is 0 Å². The Morgan fingerprint density at radius 1 is 1.05 bits per heavy atom. The van der Waals surface area contributed by atoms with Crippen molar-refractivity contribution >= 4 is 65.2 Å². The molecule has 0 amide bonds. The fraction of sp³-hybridized carbons (Fsp3) is 0.200. The molecule has 1 unspecified atom stereocenters. The van der Waals surface area contributed by atoms with E-state index in [1.807, 2.05) is 11.8 Å². The van der Waals surface area contributed by atoms with Crippen LogP contribution in [0.4, 0.5) is 5.69 Å². The SMILES string of the molecule is Brc1cc(Br)c(NC2CCSc3ccccc32)c(Br)c1. The molecule has 1 aliphatic rings. The monoisotopic (exact) mass is 475 g/mol. The molecule has 0 aliphatic carbocycles. The molecule has 3 rings (SSSR count). The molecular formula is C15H12Br3NS. The molecule has 1 atom stereocenters. The molecule has 1 N–H and O–H groups in total. The van der Waals surface area contributed by atoms with Gasteiger partial charge in [0.25, 0.3) is 0 Å². The van der Waals surface area contributed by atoms with Gasteiger partial charge in [-0.05, 0) is 62.0 Å². The number of nitrogens with one attached hydrogen (secondary N) is 1. The van der Waals surface area contributed by atoms with Crippen molar-refractivity contribution in [2.45, 2.75) is 17.4 Å². The van der Waals surface area contributed by atoms with E-state index < -0.39 is 0 Å². The second kappa shape index (κ2) is 6.42. The summed E-state index contributed by atoms with van der Waals surface area (Å²) in [4.78, 5) is 1.39. The summed E-state index contributed by atoms with van der Waals surface area (Å²) in [5, 5.41) is 3.67. The standard InChI is InChI=1S/C15H12Br3NS/c16-9-7-11(17)15(12(18)8-9)19-13-5-6-20-14-4-2-1-3-10(13)14/h1-4,7-8,13,19H,5-6H2. The number of thioether (sulfide) groups is 1. The lowest BCUT2D eigenvalue weighted by molar-refractivity contribution is 0.727. The minimum absolute atomic E-state index is 0.362. The number of fused-ring (bicyclic) bond motifs is 1. The minimum Gasteiger partial charge on any atom is -0.376 e. The van der Waals surface area contributed by atoms with E-state index in [9.17, 15) is 0 Å². The van der Waals surface area contributed by atoms with Crippen molar-refractivity contribution in [1.29, 1.82) is 0 Å². The first-order valence-electron chi connectivity index (χ1n) is 6.28. The molecule has 104 valence electrons. The van der Waals surface area contributed by atoms with Crippen molar-refractivity contribution < 1.29 is 0 Å². The lowest BCUT2D eigenvalue weighted by Gasteiger charge is -2.27. The zero-order valence-corrected chi connectivity index (χ0v) is 16.1. The molecule has 0 saturated carbocycles. The first-order chi connectivity index (χ1) is 9.65. The van der Waals surface area contributed by atoms with Crippen molar-refractivity contribution in [2.24, 2.45) is 0 Å². The molecule has 1 aliphatic heterocycles. The predicted octanol–water partition coefficient (Wildman–Crippen LogP) is 6.62. The molecule has 0 radical (unpaired) electrons. The van der Waals surface area contributed by atoms with Crippen LogP contribution >= 0.6 is 59.6 Å². The molecule has 0 bridgehead atoms. The van der Waals surface area contributed by atoms with Crippen LogP contribution in [0.1, 0.15) is 18.0 Å². The fourth-order valence-electron chi connectivity index (χ4n) is 2.35. The van der Waals surface area contributed by atoms with Gasteiger partial charge in [0.1, 0.15) is 0 Å². The summed E-state index contributed by atoms with van der Waals surface area (Å²) < 4.78 is 3.19. The number of rotatable bonds is 2. The first kappa shape index (κ1) is 14.9. The smallest absolute Gasteiger partial charge is 0.0634 e. The van der Waals surface area contributed by atoms with Gasteiger partial charge in [-0.15, -0.1) is 11.8 Å². The van der Waals surface area contributed by atoms with E-state index in [1.54, 1.807) is 0 Å². The Hall–Kier alpha value is 0.0300. The maximum Gasteiger partial charge on any atom is 0.0634 e. The van der Waals surface area contributed by atoms with Crippen molar-refractivity contribution in [3.05, 3.63) is 55.4 Å². The first-order valence-corrected chi connectivity index (χ1v) is 9.64. The molecule has 1 heterocycles. The van der Waals surface area contributed by atoms with Crippen LogP contribution in [-0.4, -0.2) is 5.75 Å². The van der Waals surface area contributed by atoms with Gasteiger partial charge in [-0.3, -0.25) is 0 Å². The highest BCUT2D eigenvalue weighted by Crippen LogP contribution is 2.41. The summed E-state index contributed by atoms with van der Waals surface area (Å²) in [7, 11) is 0. The Balaban J connectivity index is 1.94. The lowest BCUT2D eigenvalue weighted by Crippen LogP contribution is -2.16. The summed E-state index contributed by atoms with van der Waals surface area (Å²) in [6.07, 6.45) is 1.14. The topological polar surface area (TPSA) is 12.0 Å². The highest BCUT2D eigenvalue weighted by atomic mass is 79.9. The third kappa shape index (κ3) is 3.11. The quantitative estimate of drug-likeness (QED) is 0.521. The highest BCUT2D eigenvalue weighted by Gasteiger charge is 2.21. The van der Waals surface area contributed by atoms with E-state index >= 15 is 0 Å². The molecule has 0 fully saturated rings. The van der Waals surface area contributed by atoms with E-state index in [0.717, 1.165) is 31.3 Å². The summed E-state index contributed by atoms with van der Waals surface area (Å²) in [5.74, 6) is 1.15. The Morgan fingerprint density at radius 2 is 1.75 bits per heavy atom. The zero-order valence-electron chi connectivity index (χ0n) is 10.5. The average molecular weight is 478 g/mol. The van der Waals surface area contributed by atoms with E-state index in [1.165, 1.54) is 10.5 Å². The summed E-state index contributed by atoms with van der Waals surface area (Å²) >= 11 is 12.7. The summed E-state index contributed by atoms with van der Waals surface area (Å²) in [5.41, 5.74) is 2.50. The second-order valence-electron chi connectivity index (χ2n) is 4.62. The Kier molecular flexibility index (Phi) is 4.80. The lowest BCUT2D eigenvalue weighted by atomic mass is 10.0. The van der Waals surface area contributed by atoms with Gasteiger partial charge < -0.3 is 5.32 Å². The van der Waals surface area contributed by atoms with Gasteiger partial charge in [0.2, 0.25) is 0 Å². The summed E-state index contributed by atoms with van der Waals surface area (Å²) in [6, 6.07) is 13.2. The third-order valence-electron chi connectivity index (χ3n) is 3.28. The van der Waals surface area contributed by atoms with Crippen LogP contribution in [0.2, 0.25) is 0 Å². The maximum atomic E-state index is 3.67. The van der Waals surface area contributed by atoms with Crippen LogP contribution in [0, 0.1) is 0 Å². The van der Waals surface area contributed by atoms with Crippen molar-refractivity contribution in [3.63, 3.8) is 0 Å². The number of halogens is 3. The van der Waals surface area contributed by atoms with Crippen LogP contribution < -0.4 is 5.32 Å². The van der Waals surface area contributed by atoms with Crippen LogP contribution in [0.25, 0.3) is 0 Å². The van der Waals surface area contributed by atoms with Gasteiger partial charge in [0, 0.05) is 24.1 Å². The van der Waals surface area contributed by atoms with Crippen molar-refractivity contribution in [1.82, 2.24) is 0 Å². The molecule has 0 saturated heterocycles. The molecule has 0 aromatic heterocycles. The summed E-state index contributed by atoms with van der Waals surface area (Å²) in [6.45, 7) is 0. The minimum atomic E-state index is 0.362. The van der Waals surface area contributed by atoms with Gasteiger partial charge in [-0.25, -0.2) is 0 Å². The van der Waals surface area contributed by atoms with E-state index in [4.69, 9.17) is 0 Å². The Bertz CT molecular complexity index is 622. The Labute approximate surface area is 148 Å². The van der Waals surface area contributed by atoms with Crippen molar-refractivity contribution in [3.8, 4) is 0 Å². The third-order valence-corrected chi connectivity index (χ3v) is 6.12. The molecule has 0 spiro atoms. The number of benzene rings is 2. The van der Waals surface area contributed by atoms with Gasteiger partial charge in [0.15, 0.2) is 0 Å². The van der Waals surface area contributed by atoms with Crippen LogP contribution in [0.15, 0.2) is 54.7 Å². The van der Waals surface area contributed by atoms with Gasteiger partial charge in [-0.1, -0.05) is 34.1 Å². The van der Waals surface area contributed by atoms with E-state index in [0.29, 0.717) is 6.04 Å². The van der Waals surface area contributed by atoms with Gasteiger partial charge in [0.05, 0.1) is 11.7 Å². The maximum absolute atomic E-state index is 3.67. The predicted molar refractivity (Wildman–Crippen MR) is 97.7 cm³/mol. The molecule has 5 heteroatoms. The average Bonchev–Trinajstić information content (AvgIpc) is 2.43. The Morgan fingerprint density at radius 3 is 2.50 bits per heavy atom. The molecular weight excluding hydrogens is 466 g/mol. The number of hydrogen-bond donors (Lipinski definition) is 1. The second-order valence-corrected chi connectivity index (χ2v) is 8.38. The number of hydrogen-bond acceptors (Lipinski definition) is 2. The largest absolute Gasteiger partial charge is 0.376 e. The van der Waals surface area contributed by atoms with Gasteiger partial charge >= 0.3 is 0 Å². The van der Waals surface area contributed by atoms with Crippen LogP contribution in [-0.2, 0) is 0 Å². The van der Waals surface area contributed by atoms with Crippen LogP contribution in [0.3, 0.4) is 0 Å². The van der Waals surface area contributed by atoms with Crippen molar-refractivity contribution in [2.75, 3.05) is 11.1 Å². The molecule has 2 aromatic rings. The van der Waals surface area contributed by atoms with Crippen LogP contribution in [0.5, 0.6) is 0 Å². The fourth-order valence-corrected chi connectivity index (χ4v) is 5.96. The normalized spacial score (nSPS) is 17.6. The van der Waals surface area contributed by atoms with E-state index in [2.05, 4.69) is 89.5 Å². The zero-order chi connectivity index (χ0) is 14.1. The highest BCUT2D eigenvalue weighted by molar-refractivity contribution is 9.11.